The number of carbonyl (C=O) groups is 2. The number of nitrogens with zero attached hydrogens (tertiary/aromatic N) is 1. The molecular weight excluding hydrogens is 311 g/mol. The van der Waals surface area contributed by atoms with Gasteiger partial charge in [-0.1, -0.05) is 17.7 Å². The van der Waals surface area contributed by atoms with Gasteiger partial charge in [-0.15, -0.1) is 0 Å². The van der Waals surface area contributed by atoms with Crippen molar-refractivity contribution in [3.63, 3.8) is 0 Å². The first-order valence-electron chi connectivity index (χ1n) is 6.94. The van der Waals surface area contributed by atoms with Crippen molar-refractivity contribution >= 4 is 23.4 Å². The Bertz CT molecular complexity index is 596. The van der Waals surface area contributed by atoms with Crippen LogP contribution in [-0.2, 0) is 20.7 Å². The summed E-state index contributed by atoms with van der Waals surface area (Å²) in [7, 11) is 1.46. The van der Waals surface area contributed by atoms with Crippen LogP contribution >= 0.6 is 11.6 Å². The lowest BCUT2D eigenvalue weighted by Gasteiger charge is -2.35. The molecule has 1 fully saturated rings. The molecule has 0 bridgehead atoms. The van der Waals surface area contributed by atoms with E-state index in [1.54, 1.807) is 0 Å². The molecule has 1 heterocycles. The summed E-state index contributed by atoms with van der Waals surface area (Å²) in [5.74, 6) is -1.32. The monoisotopic (exact) mass is 328 g/mol. The molecule has 1 aliphatic rings. The standard InChI is InChI=1S/C15H18ClFN2O3/c1-22-9-15(14(18)21)5-2-6-19(15)13(20)7-10-3-4-11(17)8-12(10)16/h3-4,8H,2,5-7,9H2,1H3,(H2,18,21). The number of amides is 2. The van der Waals surface area contributed by atoms with E-state index in [1.165, 1.54) is 24.1 Å². The van der Waals surface area contributed by atoms with Crippen molar-refractivity contribution in [1.82, 2.24) is 4.90 Å². The molecule has 0 spiro atoms. The lowest BCUT2D eigenvalue weighted by atomic mass is 9.95. The Labute approximate surface area is 133 Å². The molecule has 0 saturated carbocycles. The predicted octanol–water partition coefficient (Wildman–Crippen LogP) is 1.51. The summed E-state index contributed by atoms with van der Waals surface area (Å²) in [4.78, 5) is 25.9. The number of primary amides is 1. The summed E-state index contributed by atoms with van der Waals surface area (Å²) in [5, 5.41) is 0.184. The van der Waals surface area contributed by atoms with E-state index in [1.807, 2.05) is 0 Å². The van der Waals surface area contributed by atoms with E-state index < -0.39 is 17.3 Å². The minimum absolute atomic E-state index is 0.0160. The molecule has 120 valence electrons. The molecule has 2 N–H and O–H groups in total. The minimum Gasteiger partial charge on any atom is -0.382 e. The van der Waals surface area contributed by atoms with Crippen LogP contribution in [0.25, 0.3) is 0 Å². The van der Waals surface area contributed by atoms with Crippen molar-refractivity contribution in [1.29, 1.82) is 0 Å². The van der Waals surface area contributed by atoms with Gasteiger partial charge in [0.05, 0.1) is 13.0 Å². The zero-order valence-electron chi connectivity index (χ0n) is 12.3. The van der Waals surface area contributed by atoms with E-state index in [0.29, 0.717) is 24.9 Å². The molecule has 1 atom stereocenters. The van der Waals surface area contributed by atoms with Crippen molar-refractivity contribution in [3.8, 4) is 0 Å². The molecule has 1 aromatic carbocycles. The maximum Gasteiger partial charge on any atom is 0.245 e. The van der Waals surface area contributed by atoms with Crippen molar-refractivity contribution in [3.05, 3.63) is 34.6 Å². The van der Waals surface area contributed by atoms with Crippen LogP contribution in [0.3, 0.4) is 0 Å². The summed E-state index contributed by atoms with van der Waals surface area (Å²) < 4.78 is 18.1. The minimum atomic E-state index is -1.11. The topological polar surface area (TPSA) is 72.6 Å². The molecule has 1 aliphatic heterocycles. The Balaban J connectivity index is 2.22. The third-order valence-corrected chi connectivity index (χ3v) is 4.34. The van der Waals surface area contributed by atoms with Crippen LogP contribution in [0, 0.1) is 5.82 Å². The van der Waals surface area contributed by atoms with Crippen LogP contribution in [-0.4, -0.2) is 42.5 Å². The Morgan fingerprint density at radius 3 is 2.82 bits per heavy atom. The highest BCUT2D eigenvalue weighted by atomic mass is 35.5. The second-order valence-corrected chi connectivity index (χ2v) is 5.80. The van der Waals surface area contributed by atoms with Gasteiger partial charge in [0.25, 0.3) is 0 Å². The number of halogens is 2. The fourth-order valence-electron chi connectivity index (χ4n) is 2.88. The first-order chi connectivity index (χ1) is 10.4. The van der Waals surface area contributed by atoms with Crippen LogP contribution in [0.15, 0.2) is 18.2 Å². The molecule has 0 radical (unpaired) electrons. The lowest BCUT2D eigenvalue weighted by Crippen LogP contribution is -2.59. The number of nitrogens with two attached hydrogens (primary N) is 1. The zero-order chi connectivity index (χ0) is 16.3. The molecular formula is C15H18ClFN2O3. The van der Waals surface area contributed by atoms with Gasteiger partial charge in [0.15, 0.2) is 0 Å². The number of likely N-dealkylation sites (tertiary alicyclic amines) is 1. The van der Waals surface area contributed by atoms with Gasteiger partial charge in [0, 0.05) is 18.7 Å². The number of benzene rings is 1. The molecule has 1 unspecified atom stereocenters. The van der Waals surface area contributed by atoms with Crippen LogP contribution in [0.4, 0.5) is 4.39 Å². The summed E-state index contributed by atoms with van der Waals surface area (Å²) in [6.07, 6.45) is 1.13. The summed E-state index contributed by atoms with van der Waals surface area (Å²) in [6.45, 7) is 0.495. The molecule has 0 aromatic heterocycles. The third kappa shape index (κ3) is 3.08. The first-order valence-corrected chi connectivity index (χ1v) is 7.32. The van der Waals surface area contributed by atoms with Gasteiger partial charge in [-0.05, 0) is 30.5 Å². The highest BCUT2D eigenvalue weighted by molar-refractivity contribution is 6.31. The molecule has 2 amide bonds. The molecule has 0 aliphatic carbocycles. The van der Waals surface area contributed by atoms with Crippen LogP contribution in [0.5, 0.6) is 0 Å². The number of hydrogen-bond acceptors (Lipinski definition) is 3. The number of rotatable bonds is 5. The second kappa shape index (κ2) is 6.62. The van der Waals surface area contributed by atoms with E-state index in [2.05, 4.69) is 0 Å². The molecule has 22 heavy (non-hydrogen) atoms. The smallest absolute Gasteiger partial charge is 0.245 e. The Morgan fingerprint density at radius 2 is 2.23 bits per heavy atom. The van der Waals surface area contributed by atoms with Crippen molar-refractivity contribution < 1.29 is 18.7 Å². The first kappa shape index (κ1) is 16.7. The number of ether oxygens (including phenoxy) is 1. The van der Waals surface area contributed by atoms with E-state index in [4.69, 9.17) is 22.1 Å². The van der Waals surface area contributed by atoms with Crippen molar-refractivity contribution in [2.75, 3.05) is 20.3 Å². The zero-order valence-corrected chi connectivity index (χ0v) is 13.0. The van der Waals surface area contributed by atoms with Crippen LogP contribution in [0.2, 0.25) is 5.02 Å². The maximum atomic E-state index is 13.1. The highest BCUT2D eigenvalue weighted by Crippen LogP contribution is 2.31. The molecule has 7 heteroatoms. The molecule has 1 saturated heterocycles. The fourth-order valence-corrected chi connectivity index (χ4v) is 3.12. The number of carbonyl (C=O) groups excluding carboxylic acids is 2. The second-order valence-electron chi connectivity index (χ2n) is 5.39. The summed E-state index contributed by atoms with van der Waals surface area (Å²) >= 11 is 5.95. The Hall–Kier alpha value is -1.66. The summed E-state index contributed by atoms with van der Waals surface area (Å²) in [5.41, 5.74) is 4.90. The van der Waals surface area contributed by atoms with E-state index >= 15 is 0 Å². The number of hydrogen-bond donors (Lipinski definition) is 1. The van der Waals surface area contributed by atoms with Crippen LogP contribution < -0.4 is 5.73 Å². The van der Waals surface area contributed by atoms with Gasteiger partial charge in [0.1, 0.15) is 11.4 Å². The lowest BCUT2D eigenvalue weighted by molar-refractivity contribution is -0.146. The average Bonchev–Trinajstić information content (AvgIpc) is 2.87. The third-order valence-electron chi connectivity index (χ3n) is 3.99. The number of methoxy groups -OCH3 is 1. The van der Waals surface area contributed by atoms with E-state index in [-0.39, 0.29) is 24.0 Å². The summed E-state index contributed by atoms with van der Waals surface area (Å²) in [6, 6.07) is 3.87. The van der Waals surface area contributed by atoms with Gasteiger partial charge < -0.3 is 15.4 Å². The largest absolute Gasteiger partial charge is 0.382 e. The van der Waals surface area contributed by atoms with Gasteiger partial charge in [0.2, 0.25) is 11.8 Å². The van der Waals surface area contributed by atoms with Crippen molar-refractivity contribution in [2.45, 2.75) is 24.8 Å². The molecule has 5 nitrogen and oxygen atoms in total. The normalized spacial score (nSPS) is 21.1. The quantitative estimate of drug-likeness (QED) is 0.890. The highest BCUT2D eigenvalue weighted by Gasteiger charge is 2.48. The predicted molar refractivity (Wildman–Crippen MR) is 79.9 cm³/mol. The average molecular weight is 329 g/mol. The van der Waals surface area contributed by atoms with Gasteiger partial charge in [-0.2, -0.15) is 0 Å². The fraction of sp³-hybridized carbons (Fsp3) is 0.467. The Morgan fingerprint density at radius 1 is 1.50 bits per heavy atom. The van der Waals surface area contributed by atoms with Gasteiger partial charge >= 0.3 is 0 Å². The molecule has 2 rings (SSSR count). The van der Waals surface area contributed by atoms with Gasteiger partial charge in [-0.3, -0.25) is 9.59 Å². The molecule has 1 aromatic rings. The van der Waals surface area contributed by atoms with Gasteiger partial charge in [-0.25, -0.2) is 4.39 Å². The maximum absolute atomic E-state index is 13.1. The SMILES string of the molecule is COCC1(C(N)=O)CCCN1C(=O)Cc1ccc(F)cc1Cl. The Kier molecular flexibility index (Phi) is 5.03. The van der Waals surface area contributed by atoms with E-state index in [9.17, 15) is 14.0 Å². The van der Waals surface area contributed by atoms with E-state index in [0.717, 1.165) is 6.07 Å². The van der Waals surface area contributed by atoms with Crippen LogP contribution in [0.1, 0.15) is 18.4 Å². The van der Waals surface area contributed by atoms with Crippen molar-refractivity contribution in [2.24, 2.45) is 5.73 Å².